The first-order valence-corrected chi connectivity index (χ1v) is 5.00. The molecule has 0 saturated heterocycles. The number of halogens is 2. The van der Waals surface area contributed by atoms with Gasteiger partial charge in [-0.15, -0.1) is 6.58 Å². The molecule has 0 fully saturated rings. The van der Waals surface area contributed by atoms with Gasteiger partial charge in [0.25, 0.3) is 0 Å². The number of hydrogen-bond acceptors (Lipinski definition) is 3. The molecule has 0 atom stereocenters. The molecule has 3 nitrogen and oxygen atoms in total. The van der Waals surface area contributed by atoms with Crippen LogP contribution < -0.4 is 4.90 Å². The summed E-state index contributed by atoms with van der Waals surface area (Å²) >= 11 is 0. The lowest BCUT2D eigenvalue weighted by Crippen LogP contribution is -2.27. The van der Waals surface area contributed by atoms with Crippen molar-refractivity contribution in [3.8, 4) is 6.07 Å². The molecule has 5 heteroatoms. The molecule has 0 spiro atoms. The number of nitriles is 1. The molecule has 1 N–H and O–H groups in total. The van der Waals surface area contributed by atoms with Crippen molar-refractivity contribution in [2.45, 2.75) is 0 Å². The highest BCUT2D eigenvalue weighted by Crippen LogP contribution is 2.23. The lowest BCUT2D eigenvalue weighted by Gasteiger charge is -2.23. The Bertz CT molecular complexity index is 455. The molecule has 0 unspecified atom stereocenters. The van der Waals surface area contributed by atoms with Crippen LogP contribution in [0.25, 0.3) is 0 Å². The smallest absolute Gasteiger partial charge is 0.183 e. The van der Waals surface area contributed by atoms with Crippen LogP contribution in [-0.2, 0) is 0 Å². The first kappa shape index (κ1) is 13.1. The van der Waals surface area contributed by atoms with Crippen LogP contribution in [0.15, 0.2) is 24.8 Å². The maximum atomic E-state index is 13.7. The van der Waals surface area contributed by atoms with Crippen molar-refractivity contribution in [2.24, 2.45) is 0 Å². The van der Waals surface area contributed by atoms with Crippen LogP contribution in [0.1, 0.15) is 5.56 Å². The molecule has 1 aromatic carbocycles. The van der Waals surface area contributed by atoms with Gasteiger partial charge in [0.2, 0.25) is 0 Å². The number of rotatable bonds is 5. The van der Waals surface area contributed by atoms with E-state index in [1.165, 1.54) is 23.1 Å². The van der Waals surface area contributed by atoms with Crippen molar-refractivity contribution in [1.82, 2.24) is 0 Å². The average molecular weight is 238 g/mol. The highest BCUT2D eigenvalue weighted by Gasteiger charge is 2.17. The van der Waals surface area contributed by atoms with Gasteiger partial charge in [0.1, 0.15) is 6.07 Å². The van der Waals surface area contributed by atoms with Crippen LogP contribution in [0.3, 0.4) is 0 Å². The van der Waals surface area contributed by atoms with Gasteiger partial charge in [-0.2, -0.15) is 5.26 Å². The second kappa shape index (κ2) is 5.97. The van der Waals surface area contributed by atoms with Crippen molar-refractivity contribution >= 4 is 5.69 Å². The Kier molecular flexibility index (Phi) is 4.61. The molecule has 0 radical (unpaired) electrons. The van der Waals surface area contributed by atoms with Crippen molar-refractivity contribution < 1.29 is 13.9 Å². The Morgan fingerprint density at radius 1 is 1.41 bits per heavy atom. The van der Waals surface area contributed by atoms with Gasteiger partial charge in [0, 0.05) is 13.1 Å². The van der Waals surface area contributed by atoms with Gasteiger partial charge in [-0.1, -0.05) is 6.08 Å². The third-order valence-electron chi connectivity index (χ3n) is 2.24. The minimum atomic E-state index is -1.17. The molecule has 0 heterocycles. The summed E-state index contributed by atoms with van der Waals surface area (Å²) in [6, 6.07) is 4.09. The topological polar surface area (TPSA) is 47.3 Å². The molecule has 0 aliphatic heterocycles. The standard InChI is InChI=1S/C12H12F2N2O/c1-2-5-16(6-7-17)10-4-3-9(8-15)11(13)12(10)14/h2-4,17H,1,5-7H2. The van der Waals surface area contributed by atoms with E-state index >= 15 is 0 Å². The second-order valence-corrected chi connectivity index (χ2v) is 3.33. The van der Waals surface area contributed by atoms with E-state index < -0.39 is 11.6 Å². The van der Waals surface area contributed by atoms with E-state index in [1.807, 2.05) is 0 Å². The Morgan fingerprint density at radius 2 is 2.12 bits per heavy atom. The van der Waals surface area contributed by atoms with E-state index in [2.05, 4.69) is 6.58 Å². The summed E-state index contributed by atoms with van der Waals surface area (Å²) in [5, 5.41) is 17.4. The van der Waals surface area contributed by atoms with Crippen LogP contribution in [0.5, 0.6) is 0 Å². The van der Waals surface area contributed by atoms with Gasteiger partial charge < -0.3 is 10.0 Å². The predicted molar refractivity (Wildman–Crippen MR) is 60.6 cm³/mol. The number of hydrogen-bond donors (Lipinski definition) is 1. The Hall–Kier alpha value is -1.93. The first-order chi connectivity index (χ1) is 8.15. The predicted octanol–water partition coefficient (Wildman–Crippen LogP) is 1.82. The quantitative estimate of drug-likeness (QED) is 0.796. The fourth-order valence-corrected chi connectivity index (χ4v) is 1.46. The zero-order valence-corrected chi connectivity index (χ0v) is 9.16. The summed E-state index contributed by atoms with van der Waals surface area (Å²) in [5.41, 5.74) is -0.329. The summed E-state index contributed by atoms with van der Waals surface area (Å²) < 4.78 is 27.1. The van der Waals surface area contributed by atoms with Gasteiger partial charge in [-0.05, 0) is 12.1 Å². The summed E-state index contributed by atoms with van der Waals surface area (Å²) in [4.78, 5) is 1.44. The van der Waals surface area contributed by atoms with Crippen LogP contribution in [0.2, 0.25) is 0 Å². The number of nitrogens with zero attached hydrogens (tertiary/aromatic N) is 2. The fraction of sp³-hybridized carbons (Fsp3) is 0.250. The number of benzene rings is 1. The zero-order valence-electron chi connectivity index (χ0n) is 9.16. The first-order valence-electron chi connectivity index (χ1n) is 5.00. The summed E-state index contributed by atoms with van der Waals surface area (Å²) in [7, 11) is 0. The molecular formula is C12H12F2N2O. The molecule has 1 rings (SSSR count). The van der Waals surface area contributed by atoms with E-state index in [0.717, 1.165) is 0 Å². The van der Waals surface area contributed by atoms with Gasteiger partial charge in [0.15, 0.2) is 11.6 Å². The van der Waals surface area contributed by atoms with Gasteiger partial charge in [-0.25, -0.2) is 8.78 Å². The summed E-state index contributed by atoms with van der Waals surface area (Å²) in [6.45, 7) is 3.76. The molecule has 1 aromatic rings. The fourth-order valence-electron chi connectivity index (χ4n) is 1.46. The van der Waals surface area contributed by atoms with Crippen molar-refractivity contribution in [2.75, 3.05) is 24.6 Å². The largest absolute Gasteiger partial charge is 0.395 e. The highest BCUT2D eigenvalue weighted by molar-refractivity contribution is 5.52. The van der Waals surface area contributed by atoms with Gasteiger partial charge in [-0.3, -0.25) is 0 Å². The monoisotopic (exact) mass is 238 g/mol. The SMILES string of the molecule is C=CCN(CCO)c1ccc(C#N)c(F)c1F. The van der Waals surface area contributed by atoms with Crippen LogP contribution in [0.4, 0.5) is 14.5 Å². The number of anilines is 1. The maximum absolute atomic E-state index is 13.7. The number of aliphatic hydroxyl groups excluding tert-OH is 1. The molecule has 17 heavy (non-hydrogen) atoms. The van der Waals surface area contributed by atoms with Crippen LogP contribution in [-0.4, -0.2) is 24.8 Å². The number of aliphatic hydroxyl groups is 1. The highest BCUT2D eigenvalue weighted by atomic mass is 19.2. The van der Waals surface area contributed by atoms with E-state index in [-0.39, 0.29) is 30.9 Å². The van der Waals surface area contributed by atoms with Crippen molar-refractivity contribution in [3.05, 3.63) is 42.0 Å². The molecule has 0 amide bonds. The summed E-state index contributed by atoms with van der Waals surface area (Å²) in [5.74, 6) is -2.25. The zero-order chi connectivity index (χ0) is 12.8. The van der Waals surface area contributed by atoms with Crippen LogP contribution >= 0.6 is 0 Å². The normalized spacial score (nSPS) is 9.76. The summed E-state index contributed by atoms with van der Waals surface area (Å²) in [6.07, 6.45) is 1.52. The Morgan fingerprint density at radius 3 is 2.65 bits per heavy atom. The van der Waals surface area contributed by atoms with Gasteiger partial charge >= 0.3 is 0 Å². The second-order valence-electron chi connectivity index (χ2n) is 3.33. The van der Waals surface area contributed by atoms with E-state index in [0.29, 0.717) is 0 Å². The average Bonchev–Trinajstić information content (AvgIpc) is 2.32. The van der Waals surface area contributed by atoms with E-state index in [4.69, 9.17) is 10.4 Å². The Balaban J connectivity index is 3.16. The van der Waals surface area contributed by atoms with Crippen molar-refractivity contribution in [3.63, 3.8) is 0 Å². The van der Waals surface area contributed by atoms with E-state index in [1.54, 1.807) is 6.07 Å². The molecule has 0 bridgehead atoms. The lowest BCUT2D eigenvalue weighted by molar-refractivity contribution is 0.302. The molecule has 0 aliphatic carbocycles. The molecule has 0 aromatic heterocycles. The molecule has 0 aliphatic rings. The van der Waals surface area contributed by atoms with Gasteiger partial charge in [0.05, 0.1) is 17.9 Å². The molecular weight excluding hydrogens is 226 g/mol. The molecule has 90 valence electrons. The van der Waals surface area contributed by atoms with Crippen LogP contribution in [0, 0.1) is 23.0 Å². The minimum Gasteiger partial charge on any atom is -0.395 e. The molecule has 0 saturated carbocycles. The van der Waals surface area contributed by atoms with E-state index in [9.17, 15) is 8.78 Å². The minimum absolute atomic E-state index is 0.00968. The third-order valence-corrected chi connectivity index (χ3v) is 2.24. The lowest BCUT2D eigenvalue weighted by atomic mass is 10.2. The third kappa shape index (κ3) is 2.80. The Labute approximate surface area is 98.2 Å². The van der Waals surface area contributed by atoms with Crippen molar-refractivity contribution in [1.29, 1.82) is 5.26 Å². The maximum Gasteiger partial charge on any atom is 0.183 e.